The van der Waals surface area contributed by atoms with Gasteiger partial charge in [0.2, 0.25) is 0 Å². The molecule has 0 spiro atoms. The molecule has 0 saturated carbocycles. The van der Waals surface area contributed by atoms with Crippen molar-refractivity contribution in [2.75, 3.05) is 17.3 Å². The summed E-state index contributed by atoms with van der Waals surface area (Å²) < 4.78 is 13.2. The number of thioether (sulfide) groups is 1. The molecule has 1 rings (SSSR count). The van der Waals surface area contributed by atoms with Gasteiger partial charge in [-0.15, -0.1) is 0 Å². The average Bonchev–Trinajstić information content (AvgIpc) is 2.27. The van der Waals surface area contributed by atoms with E-state index in [2.05, 4.69) is 12.2 Å². The summed E-state index contributed by atoms with van der Waals surface area (Å²) in [5.74, 6) is 0.593. The van der Waals surface area contributed by atoms with Crippen LogP contribution in [0.2, 0.25) is 0 Å². The third kappa shape index (κ3) is 3.74. The average molecular weight is 238 g/mol. The Bertz CT molecular complexity index is 387. The summed E-state index contributed by atoms with van der Waals surface area (Å²) in [6, 6.07) is 6.58. The molecule has 1 N–H and O–H groups in total. The molecule has 1 aromatic rings. The first kappa shape index (κ1) is 12.9. The first-order valence-electron chi connectivity index (χ1n) is 5.15. The topological polar surface area (TPSA) is 35.8 Å². The van der Waals surface area contributed by atoms with E-state index in [4.69, 9.17) is 5.26 Å². The Morgan fingerprint density at radius 1 is 1.50 bits per heavy atom. The normalized spacial score (nSPS) is 11.9. The highest BCUT2D eigenvalue weighted by molar-refractivity contribution is 7.98. The van der Waals surface area contributed by atoms with Gasteiger partial charge in [0, 0.05) is 17.5 Å². The number of nitrogens with zero attached hydrogens (tertiary/aromatic N) is 1. The van der Waals surface area contributed by atoms with Crippen LogP contribution < -0.4 is 5.32 Å². The summed E-state index contributed by atoms with van der Waals surface area (Å²) >= 11 is 1.75. The van der Waals surface area contributed by atoms with Crippen LogP contribution in [0.25, 0.3) is 0 Å². The van der Waals surface area contributed by atoms with E-state index < -0.39 is 0 Å². The van der Waals surface area contributed by atoms with Crippen molar-refractivity contribution >= 4 is 17.4 Å². The SMILES string of the molecule is CCC(CSC)Nc1cc(F)cc(C#N)c1. The van der Waals surface area contributed by atoms with Crippen molar-refractivity contribution in [3.8, 4) is 6.07 Å². The Balaban J connectivity index is 2.80. The molecular weight excluding hydrogens is 223 g/mol. The maximum absolute atomic E-state index is 13.2. The van der Waals surface area contributed by atoms with Crippen LogP contribution in [-0.4, -0.2) is 18.1 Å². The minimum absolute atomic E-state index is 0.309. The second kappa shape index (κ2) is 6.39. The fourth-order valence-corrected chi connectivity index (χ4v) is 2.16. The van der Waals surface area contributed by atoms with Gasteiger partial charge in [-0.3, -0.25) is 0 Å². The zero-order valence-electron chi connectivity index (χ0n) is 9.46. The molecule has 2 nitrogen and oxygen atoms in total. The van der Waals surface area contributed by atoms with Crippen LogP contribution in [0, 0.1) is 17.1 Å². The molecule has 0 aliphatic heterocycles. The summed E-state index contributed by atoms with van der Waals surface area (Å²) in [4.78, 5) is 0. The third-order valence-electron chi connectivity index (χ3n) is 2.26. The number of hydrogen-bond acceptors (Lipinski definition) is 3. The van der Waals surface area contributed by atoms with Gasteiger partial charge in [-0.25, -0.2) is 4.39 Å². The van der Waals surface area contributed by atoms with E-state index in [1.165, 1.54) is 12.1 Å². The van der Waals surface area contributed by atoms with Gasteiger partial charge in [0.15, 0.2) is 0 Å². The van der Waals surface area contributed by atoms with Crippen LogP contribution in [-0.2, 0) is 0 Å². The Kier molecular flexibility index (Phi) is 5.13. The van der Waals surface area contributed by atoms with Crippen LogP contribution in [0.5, 0.6) is 0 Å². The largest absolute Gasteiger partial charge is 0.381 e. The fourth-order valence-electron chi connectivity index (χ4n) is 1.44. The van der Waals surface area contributed by atoms with E-state index in [1.54, 1.807) is 17.8 Å². The lowest BCUT2D eigenvalue weighted by Gasteiger charge is -2.17. The smallest absolute Gasteiger partial charge is 0.126 e. The molecule has 16 heavy (non-hydrogen) atoms. The number of anilines is 1. The molecule has 0 bridgehead atoms. The van der Waals surface area contributed by atoms with Crippen molar-refractivity contribution in [1.29, 1.82) is 5.26 Å². The second-order valence-corrected chi connectivity index (χ2v) is 4.46. The zero-order valence-corrected chi connectivity index (χ0v) is 10.3. The summed E-state index contributed by atoms with van der Waals surface area (Å²) in [6.45, 7) is 2.08. The van der Waals surface area contributed by atoms with Gasteiger partial charge in [0.05, 0.1) is 11.6 Å². The molecule has 1 aromatic carbocycles. The quantitative estimate of drug-likeness (QED) is 0.855. The predicted molar refractivity (Wildman–Crippen MR) is 67.2 cm³/mol. The number of nitriles is 1. The molecular formula is C12H15FN2S. The lowest BCUT2D eigenvalue weighted by atomic mass is 10.2. The first-order chi connectivity index (χ1) is 7.69. The Morgan fingerprint density at radius 3 is 2.81 bits per heavy atom. The van der Waals surface area contributed by atoms with E-state index in [-0.39, 0.29) is 5.82 Å². The van der Waals surface area contributed by atoms with E-state index in [0.29, 0.717) is 17.3 Å². The summed E-state index contributed by atoms with van der Waals surface area (Å²) in [5, 5.41) is 12.0. The molecule has 0 aliphatic carbocycles. The number of hydrogen-bond donors (Lipinski definition) is 1. The number of nitrogens with one attached hydrogen (secondary N) is 1. The van der Waals surface area contributed by atoms with Crippen LogP contribution in [0.15, 0.2) is 18.2 Å². The highest BCUT2D eigenvalue weighted by Gasteiger charge is 2.06. The van der Waals surface area contributed by atoms with Crippen molar-refractivity contribution in [2.24, 2.45) is 0 Å². The molecule has 86 valence electrons. The van der Waals surface area contributed by atoms with Gasteiger partial charge >= 0.3 is 0 Å². The summed E-state index contributed by atoms with van der Waals surface area (Å²) in [6.07, 6.45) is 3.01. The lowest BCUT2D eigenvalue weighted by molar-refractivity contribution is 0.627. The molecule has 4 heteroatoms. The minimum Gasteiger partial charge on any atom is -0.381 e. The first-order valence-corrected chi connectivity index (χ1v) is 6.55. The molecule has 1 atom stereocenters. The van der Waals surface area contributed by atoms with Crippen molar-refractivity contribution in [3.63, 3.8) is 0 Å². The van der Waals surface area contributed by atoms with Crippen molar-refractivity contribution in [3.05, 3.63) is 29.6 Å². The highest BCUT2D eigenvalue weighted by atomic mass is 32.2. The van der Waals surface area contributed by atoms with Crippen LogP contribution in [0.3, 0.4) is 0 Å². The van der Waals surface area contributed by atoms with E-state index in [1.807, 2.05) is 12.3 Å². The Hall–Kier alpha value is -1.21. The van der Waals surface area contributed by atoms with Gasteiger partial charge in [0.1, 0.15) is 5.82 Å². The highest BCUT2D eigenvalue weighted by Crippen LogP contribution is 2.16. The number of rotatable bonds is 5. The van der Waals surface area contributed by atoms with E-state index in [9.17, 15) is 4.39 Å². The van der Waals surface area contributed by atoms with Crippen LogP contribution >= 0.6 is 11.8 Å². The monoisotopic (exact) mass is 238 g/mol. The fraction of sp³-hybridized carbons (Fsp3) is 0.417. The van der Waals surface area contributed by atoms with Crippen molar-refractivity contribution in [2.45, 2.75) is 19.4 Å². The minimum atomic E-state index is -0.374. The van der Waals surface area contributed by atoms with Gasteiger partial charge < -0.3 is 5.32 Å². The maximum atomic E-state index is 13.2. The van der Waals surface area contributed by atoms with Crippen molar-refractivity contribution in [1.82, 2.24) is 0 Å². The van der Waals surface area contributed by atoms with Gasteiger partial charge in [0.25, 0.3) is 0 Å². The molecule has 0 saturated heterocycles. The Labute approximate surface area is 99.9 Å². The van der Waals surface area contributed by atoms with Crippen LogP contribution in [0.4, 0.5) is 10.1 Å². The third-order valence-corrected chi connectivity index (χ3v) is 2.99. The van der Waals surface area contributed by atoms with E-state index in [0.717, 1.165) is 12.2 Å². The molecule has 0 aromatic heterocycles. The molecule has 0 amide bonds. The zero-order chi connectivity index (χ0) is 12.0. The molecule has 0 radical (unpaired) electrons. The summed E-state index contributed by atoms with van der Waals surface area (Å²) in [7, 11) is 0. The predicted octanol–water partition coefficient (Wildman–Crippen LogP) is 3.25. The standard InChI is InChI=1S/C12H15FN2S/c1-3-11(8-16-2)15-12-5-9(7-14)4-10(13)6-12/h4-6,11,15H,3,8H2,1-2H3. The molecule has 0 aliphatic rings. The van der Waals surface area contributed by atoms with Crippen molar-refractivity contribution < 1.29 is 4.39 Å². The molecule has 1 unspecified atom stereocenters. The summed E-state index contributed by atoms with van der Waals surface area (Å²) in [5.41, 5.74) is 1.03. The maximum Gasteiger partial charge on any atom is 0.126 e. The van der Waals surface area contributed by atoms with Gasteiger partial charge in [-0.2, -0.15) is 17.0 Å². The lowest BCUT2D eigenvalue weighted by Crippen LogP contribution is -2.21. The molecule has 0 fully saturated rings. The van der Waals surface area contributed by atoms with Gasteiger partial charge in [-0.05, 0) is 30.9 Å². The van der Waals surface area contributed by atoms with Crippen LogP contribution in [0.1, 0.15) is 18.9 Å². The number of halogens is 1. The Morgan fingerprint density at radius 2 is 2.25 bits per heavy atom. The van der Waals surface area contributed by atoms with Gasteiger partial charge in [-0.1, -0.05) is 6.92 Å². The second-order valence-electron chi connectivity index (χ2n) is 3.55. The molecule has 0 heterocycles. The number of benzene rings is 1. The van der Waals surface area contributed by atoms with E-state index >= 15 is 0 Å².